The molecule has 4 aromatic rings. The van der Waals surface area contributed by atoms with Crippen LogP contribution in [0.25, 0.3) is 16.9 Å². The summed E-state index contributed by atoms with van der Waals surface area (Å²) in [7, 11) is 0. The van der Waals surface area contributed by atoms with Crippen molar-refractivity contribution in [1.82, 2.24) is 38.4 Å². The first-order valence-electron chi connectivity index (χ1n) is 8.71. The second-order valence-electron chi connectivity index (χ2n) is 6.32. The lowest BCUT2D eigenvalue weighted by molar-refractivity contribution is 0.0746. The molecule has 0 radical (unpaired) electrons. The Morgan fingerprint density at radius 1 is 0.929 bits per heavy atom. The molecular formula is C17H15N9OS. The molecule has 0 N–H and O–H groups in total. The van der Waals surface area contributed by atoms with Gasteiger partial charge in [0.25, 0.3) is 5.91 Å². The molecule has 140 valence electrons. The van der Waals surface area contributed by atoms with Crippen molar-refractivity contribution in [3.05, 3.63) is 48.8 Å². The molecule has 1 aliphatic rings. The number of fused-ring (bicyclic) bond motifs is 1. The van der Waals surface area contributed by atoms with Crippen LogP contribution in [0, 0.1) is 0 Å². The molecule has 5 rings (SSSR count). The summed E-state index contributed by atoms with van der Waals surface area (Å²) < 4.78 is 9.98. The van der Waals surface area contributed by atoms with E-state index < -0.39 is 0 Å². The standard InChI is InChI=1S/C17H15N9OS/c27-17(12-1-2-13-14(7-12)23-28-22-13)25-5-3-24(4-6-25)15-8-16(20-10-19-15)26-11-18-9-21-26/h1-2,7-11H,3-6H2. The van der Waals surface area contributed by atoms with Crippen molar-refractivity contribution in [2.24, 2.45) is 0 Å². The van der Waals surface area contributed by atoms with E-state index in [2.05, 4.69) is 33.7 Å². The molecule has 0 aliphatic carbocycles. The summed E-state index contributed by atoms with van der Waals surface area (Å²) in [6.45, 7) is 2.63. The summed E-state index contributed by atoms with van der Waals surface area (Å²) in [6, 6.07) is 7.33. The molecule has 1 aromatic carbocycles. The topological polar surface area (TPSA) is 106 Å². The highest BCUT2D eigenvalue weighted by Gasteiger charge is 2.23. The predicted molar refractivity (Wildman–Crippen MR) is 102 cm³/mol. The smallest absolute Gasteiger partial charge is 0.254 e. The molecule has 0 unspecified atom stereocenters. The number of nitrogens with zero attached hydrogens (tertiary/aromatic N) is 9. The van der Waals surface area contributed by atoms with Crippen molar-refractivity contribution >= 4 is 34.5 Å². The molecular weight excluding hydrogens is 378 g/mol. The van der Waals surface area contributed by atoms with Crippen molar-refractivity contribution in [3.63, 3.8) is 0 Å². The molecule has 0 spiro atoms. The lowest BCUT2D eigenvalue weighted by Crippen LogP contribution is -2.49. The molecule has 28 heavy (non-hydrogen) atoms. The van der Waals surface area contributed by atoms with Gasteiger partial charge < -0.3 is 9.80 Å². The lowest BCUT2D eigenvalue weighted by Gasteiger charge is -2.35. The van der Waals surface area contributed by atoms with Crippen LogP contribution in [0.1, 0.15) is 10.4 Å². The first-order chi connectivity index (χ1) is 13.8. The van der Waals surface area contributed by atoms with Gasteiger partial charge in [0, 0.05) is 37.8 Å². The van der Waals surface area contributed by atoms with Gasteiger partial charge in [0.05, 0.1) is 11.7 Å². The van der Waals surface area contributed by atoms with E-state index in [1.54, 1.807) is 11.0 Å². The van der Waals surface area contributed by atoms with Crippen LogP contribution < -0.4 is 4.90 Å². The van der Waals surface area contributed by atoms with Gasteiger partial charge in [-0.25, -0.2) is 19.6 Å². The van der Waals surface area contributed by atoms with E-state index in [1.807, 2.05) is 29.2 Å². The Labute approximate surface area is 163 Å². The summed E-state index contributed by atoms with van der Waals surface area (Å²) in [6.07, 6.45) is 4.57. The Balaban J connectivity index is 1.28. The summed E-state index contributed by atoms with van der Waals surface area (Å²) in [5, 5.41) is 4.09. The van der Waals surface area contributed by atoms with Gasteiger partial charge in [0.1, 0.15) is 35.8 Å². The number of hydrogen-bond acceptors (Lipinski definition) is 9. The fourth-order valence-corrected chi connectivity index (χ4v) is 3.72. The summed E-state index contributed by atoms with van der Waals surface area (Å²) in [5.41, 5.74) is 2.22. The Bertz CT molecular complexity index is 1120. The van der Waals surface area contributed by atoms with E-state index in [9.17, 15) is 4.79 Å². The van der Waals surface area contributed by atoms with E-state index >= 15 is 0 Å². The molecule has 11 heteroatoms. The molecule has 1 fully saturated rings. The zero-order valence-corrected chi connectivity index (χ0v) is 15.5. The highest BCUT2D eigenvalue weighted by molar-refractivity contribution is 7.00. The van der Waals surface area contributed by atoms with E-state index in [0.29, 0.717) is 37.6 Å². The van der Waals surface area contributed by atoms with Crippen LogP contribution in [0.3, 0.4) is 0 Å². The molecule has 0 atom stereocenters. The number of carbonyl (C=O) groups excluding carboxylic acids is 1. The minimum Gasteiger partial charge on any atom is -0.353 e. The maximum atomic E-state index is 12.8. The van der Waals surface area contributed by atoms with Crippen molar-refractivity contribution in [1.29, 1.82) is 0 Å². The van der Waals surface area contributed by atoms with Crippen molar-refractivity contribution < 1.29 is 4.79 Å². The number of aromatic nitrogens is 7. The van der Waals surface area contributed by atoms with Crippen LogP contribution in [0.15, 0.2) is 43.2 Å². The molecule has 1 saturated heterocycles. The average Bonchev–Trinajstić information content (AvgIpc) is 3.45. The molecule has 1 aliphatic heterocycles. The van der Waals surface area contributed by atoms with Gasteiger partial charge in [-0.05, 0) is 18.2 Å². The molecule has 4 heterocycles. The van der Waals surface area contributed by atoms with Gasteiger partial charge in [0.15, 0.2) is 5.82 Å². The van der Waals surface area contributed by atoms with E-state index in [-0.39, 0.29) is 5.91 Å². The Morgan fingerprint density at radius 2 is 1.75 bits per heavy atom. The Morgan fingerprint density at radius 3 is 2.57 bits per heavy atom. The zero-order valence-electron chi connectivity index (χ0n) is 14.7. The van der Waals surface area contributed by atoms with Crippen LogP contribution in [-0.2, 0) is 0 Å². The number of anilines is 1. The highest BCUT2D eigenvalue weighted by atomic mass is 32.1. The Kier molecular flexibility index (Phi) is 4.13. The Hall–Kier alpha value is -3.47. The highest BCUT2D eigenvalue weighted by Crippen LogP contribution is 2.18. The molecule has 0 saturated carbocycles. The van der Waals surface area contributed by atoms with Gasteiger partial charge in [-0.2, -0.15) is 13.8 Å². The fourth-order valence-electron chi connectivity index (χ4n) is 3.20. The first-order valence-corrected chi connectivity index (χ1v) is 9.44. The number of benzene rings is 1. The van der Waals surface area contributed by atoms with E-state index in [4.69, 9.17) is 0 Å². The summed E-state index contributed by atoms with van der Waals surface area (Å²) in [4.78, 5) is 29.4. The number of carbonyl (C=O) groups is 1. The second-order valence-corrected chi connectivity index (χ2v) is 6.85. The normalized spacial score (nSPS) is 14.6. The maximum Gasteiger partial charge on any atom is 0.254 e. The third kappa shape index (κ3) is 3.05. The van der Waals surface area contributed by atoms with Crippen LogP contribution in [0.4, 0.5) is 5.82 Å². The molecule has 3 aromatic heterocycles. The van der Waals surface area contributed by atoms with Crippen LogP contribution in [-0.4, -0.2) is 70.5 Å². The van der Waals surface area contributed by atoms with Crippen molar-refractivity contribution in [2.45, 2.75) is 0 Å². The minimum absolute atomic E-state index is 0.0144. The summed E-state index contributed by atoms with van der Waals surface area (Å²) in [5.74, 6) is 1.48. The van der Waals surface area contributed by atoms with Gasteiger partial charge >= 0.3 is 0 Å². The fraction of sp³-hybridized carbons (Fsp3) is 0.235. The second kappa shape index (κ2) is 6.93. The van der Waals surface area contributed by atoms with Gasteiger partial charge in [-0.15, -0.1) is 0 Å². The lowest BCUT2D eigenvalue weighted by atomic mass is 10.1. The van der Waals surface area contributed by atoms with Crippen molar-refractivity contribution in [3.8, 4) is 5.82 Å². The average molecular weight is 393 g/mol. The quantitative estimate of drug-likeness (QED) is 0.508. The van der Waals surface area contributed by atoms with E-state index in [0.717, 1.165) is 28.6 Å². The number of amides is 1. The predicted octanol–water partition coefficient (Wildman–Crippen LogP) is 1.02. The van der Waals surface area contributed by atoms with Gasteiger partial charge in [-0.3, -0.25) is 4.79 Å². The minimum atomic E-state index is 0.0144. The SMILES string of the molecule is O=C(c1ccc2nsnc2c1)N1CCN(c2cc(-n3cncn3)ncn2)CC1. The largest absolute Gasteiger partial charge is 0.353 e. The van der Waals surface area contributed by atoms with Crippen molar-refractivity contribution in [2.75, 3.05) is 31.1 Å². The third-order valence-electron chi connectivity index (χ3n) is 4.68. The monoisotopic (exact) mass is 393 g/mol. The first kappa shape index (κ1) is 16.7. The molecule has 1 amide bonds. The van der Waals surface area contributed by atoms with Crippen LogP contribution >= 0.6 is 11.7 Å². The van der Waals surface area contributed by atoms with Crippen LogP contribution in [0.2, 0.25) is 0 Å². The van der Waals surface area contributed by atoms with E-state index in [1.165, 1.54) is 12.7 Å². The number of piperazine rings is 1. The zero-order chi connectivity index (χ0) is 18.9. The summed E-state index contributed by atoms with van der Waals surface area (Å²) >= 11 is 1.15. The third-order valence-corrected chi connectivity index (χ3v) is 5.24. The van der Waals surface area contributed by atoms with Gasteiger partial charge in [-0.1, -0.05) is 0 Å². The number of hydrogen-bond donors (Lipinski definition) is 0. The number of rotatable bonds is 3. The van der Waals surface area contributed by atoms with Crippen LogP contribution in [0.5, 0.6) is 0 Å². The molecule has 10 nitrogen and oxygen atoms in total. The maximum absolute atomic E-state index is 12.8. The van der Waals surface area contributed by atoms with Gasteiger partial charge in [0.2, 0.25) is 0 Å². The molecule has 0 bridgehead atoms.